The summed E-state index contributed by atoms with van der Waals surface area (Å²) >= 11 is 2.71. The van der Waals surface area contributed by atoms with Gasteiger partial charge in [-0.2, -0.15) is 5.26 Å². The maximum atomic E-state index is 12.6. The lowest BCUT2D eigenvalue weighted by Gasteiger charge is -2.08. The first kappa shape index (κ1) is 13.4. The topological polar surface area (TPSA) is 57.9 Å². The van der Waals surface area contributed by atoms with E-state index in [9.17, 15) is 17.2 Å². The monoisotopic (exact) mass is 329 g/mol. The Hall–Kier alpha value is -0.710. The van der Waals surface area contributed by atoms with E-state index in [0.717, 1.165) is 12.1 Å². The third-order valence-electron chi connectivity index (χ3n) is 1.75. The van der Waals surface area contributed by atoms with Gasteiger partial charge in [0, 0.05) is 15.2 Å². The van der Waals surface area contributed by atoms with Crippen molar-refractivity contribution in [1.29, 1.82) is 5.26 Å². The highest BCUT2D eigenvalue weighted by atomic mass is 79.9. The summed E-state index contributed by atoms with van der Waals surface area (Å²) in [5.41, 5.74) is -0.977. The van der Waals surface area contributed by atoms with Crippen molar-refractivity contribution < 1.29 is 17.2 Å². The smallest absolute Gasteiger partial charge is 0.207 e. The Morgan fingerprint density at radius 3 is 2.38 bits per heavy atom. The number of nitriles is 1. The van der Waals surface area contributed by atoms with Crippen LogP contribution in [0, 0.1) is 11.3 Å². The Morgan fingerprint density at radius 1 is 1.44 bits per heavy atom. The average Bonchev–Trinajstić information content (AvgIpc) is 2.14. The molecule has 0 saturated carbocycles. The normalized spacial score (nSPS) is 11.5. The van der Waals surface area contributed by atoms with Crippen LogP contribution in [0.15, 0.2) is 21.5 Å². The highest BCUT2D eigenvalue weighted by molar-refractivity contribution is 9.10. The van der Waals surface area contributed by atoms with Crippen LogP contribution in [-0.4, -0.2) is 8.42 Å². The molecule has 0 amide bonds. The molecule has 0 atom stereocenters. The Bertz CT molecular complexity index is 568. The van der Waals surface area contributed by atoms with Crippen molar-refractivity contribution in [1.82, 2.24) is 0 Å². The number of halogens is 4. The molecule has 0 aliphatic carbocycles. The van der Waals surface area contributed by atoms with E-state index < -0.39 is 25.9 Å². The van der Waals surface area contributed by atoms with Gasteiger partial charge in [-0.1, -0.05) is 0 Å². The van der Waals surface area contributed by atoms with Gasteiger partial charge in [-0.15, -0.1) is 0 Å². The summed E-state index contributed by atoms with van der Waals surface area (Å²) in [5, 5.41) is 8.60. The molecule has 1 aromatic rings. The largest absolute Gasteiger partial charge is 0.266 e. The average molecular weight is 331 g/mol. The Kier molecular flexibility index (Phi) is 3.88. The lowest BCUT2D eigenvalue weighted by atomic mass is 10.1. The number of benzene rings is 1. The van der Waals surface area contributed by atoms with Gasteiger partial charge in [-0.3, -0.25) is 0 Å². The molecule has 1 rings (SSSR count). The molecule has 0 saturated heterocycles. The molecule has 0 unspecified atom stereocenters. The van der Waals surface area contributed by atoms with Crippen molar-refractivity contribution in [2.75, 3.05) is 0 Å². The maximum absolute atomic E-state index is 12.6. The fraction of sp³-hybridized carbons (Fsp3) is 0.125. The first-order valence-corrected chi connectivity index (χ1v) is 6.84. The van der Waals surface area contributed by atoms with Crippen LogP contribution in [0.3, 0.4) is 0 Å². The summed E-state index contributed by atoms with van der Waals surface area (Å²) < 4.78 is 46.9. The highest BCUT2D eigenvalue weighted by Gasteiger charge is 2.24. The van der Waals surface area contributed by atoms with Gasteiger partial charge in [-0.05, 0) is 28.1 Å². The summed E-state index contributed by atoms with van der Waals surface area (Å²) in [6.45, 7) is 0. The van der Waals surface area contributed by atoms with Gasteiger partial charge in [0.15, 0.2) is 0 Å². The Balaban J connectivity index is 3.65. The van der Waals surface area contributed by atoms with Crippen molar-refractivity contribution in [3.05, 3.63) is 27.7 Å². The van der Waals surface area contributed by atoms with E-state index in [1.54, 1.807) is 6.07 Å². The minimum Gasteiger partial charge on any atom is -0.207 e. The first-order valence-electron chi connectivity index (χ1n) is 3.74. The molecule has 8 heteroatoms. The quantitative estimate of drug-likeness (QED) is 0.783. The van der Waals surface area contributed by atoms with Crippen molar-refractivity contribution in [3.63, 3.8) is 0 Å². The zero-order valence-corrected chi connectivity index (χ0v) is 10.6. The van der Waals surface area contributed by atoms with E-state index in [1.165, 1.54) is 0 Å². The van der Waals surface area contributed by atoms with Gasteiger partial charge in [0.2, 0.25) is 0 Å². The van der Waals surface area contributed by atoms with E-state index >= 15 is 0 Å². The zero-order valence-electron chi connectivity index (χ0n) is 7.42. The molecule has 0 fully saturated rings. The van der Waals surface area contributed by atoms with Crippen molar-refractivity contribution in [2.24, 2.45) is 0 Å². The van der Waals surface area contributed by atoms with Crippen molar-refractivity contribution >= 4 is 35.7 Å². The second kappa shape index (κ2) is 4.65. The number of nitrogens with zero attached hydrogens (tertiary/aromatic N) is 1. The van der Waals surface area contributed by atoms with Gasteiger partial charge in [0.1, 0.15) is 0 Å². The number of alkyl halides is 2. The minimum absolute atomic E-state index is 0.300. The molecular formula is C8H3BrClF2NO2S. The molecule has 0 N–H and O–H groups in total. The summed E-state index contributed by atoms with van der Waals surface area (Å²) in [7, 11) is 0.919. The van der Waals surface area contributed by atoms with Gasteiger partial charge in [0.05, 0.1) is 22.1 Å². The number of hydrogen-bond acceptors (Lipinski definition) is 3. The fourth-order valence-corrected chi connectivity index (χ4v) is 3.45. The molecule has 3 nitrogen and oxygen atoms in total. The van der Waals surface area contributed by atoms with Gasteiger partial charge >= 0.3 is 0 Å². The van der Waals surface area contributed by atoms with Gasteiger partial charge in [0.25, 0.3) is 15.5 Å². The predicted molar refractivity (Wildman–Crippen MR) is 56.9 cm³/mol. The molecule has 0 bridgehead atoms. The lowest BCUT2D eigenvalue weighted by Crippen LogP contribution is -1.99. The second-order valence-corrected chi connectivity index (χ2v) is 6.02. The fourth-order valence-electron chi connectivity index (χ4n) is 1.07. The molecule has 0 spiro atoms. The van der Waals surface area contributed by atoms with E-state index in [2.05, 4.69) is 15.9 Å². The van der Waals surface area contributed by atoms with Gasteiger partial charge < -0.3 is 0 Å². The first-order chi connectivity index (χ1) is 7.29. The Labute approximate surface area is 103 Å². The summed E-state index contributed by atoms with van der Waals surface area (Å²) in [6.07, 6.45) is -2.97. The van der Waals surface area contributed by atoms with Crippen LogP contribution in [0.25, 0.3) is 0 Å². The lowest BCUT2D eigenvalue weighted by molar-refractivity contribution is 0.150. The van der Waals surface area contributed by atoms with Gasteiger partial charge in [-0.25, -0.2) is 17.2 Å². The Morgan fingerprint density at radius 2 is 2.00 bits per heavy atom. The standard InChI is InChI=1S/C8H3BrClF2NO2S/c9-7-5(16(10,14)15)2-1-4(3-13)6(7)8(11)12/h1-2,8H. The molecule has 86 valence electrons. The predicted octanol–water partition coefficient (Wildman–Crippen LogP) is 3.19. The zero-order chi connectivity index (χ0) is 12.5. The van der Waals surface area contributed by atoms with Crippen LogP contribution in [0.5, 0.6) is 0 Å². The van der Waals surface area contributed by atoms with E-state index in [-0.39, 0.29) is 10.0 Å². The molecule has 16 heavy (non-hydrogen) atoms. The van der Waals surface area contributed by atoms with Crippen LogP contribution in [-0.2, 0) is 9.05 Å². The van der Waals surface area contributed by atoms with Crippen LogP contribution in [0.2, 0.25) is 0 Å². The number of rotatable bonds is 2. The second-order valence-electron chi connectivity index (χ2n) is 2.69. The van der Waals surface area contributed by atoms with Crippen LogP contribution >= 0.6 is 26.6 Å². The molecule has 0 aromatic heterocycles. The third kappa shape index (κ3) is 2.51. The summed E-state index contributed by atoms with van der Waals surface area (Å²) in [6, 6.07) is 3.53. The SMILES string of the molecule is N#Cc1ccc(S(=O)(=O)Cl)c(Br)c1C(F)F. The molecule has 1 aromatic carbocycles. The van der Waals surface area contributed by atoms with Crippen LogP contribution in [0.4, 0.5) is 8.78 Å². The summed E-state index contributed by atoms with van der Waals surface area (Å²) in [5.74, 6) is 0. The molecule has 0 aliphatic rings. The molecule has 0 heterocycles. The van der Waals surface area contributed by atoms with Crippen LogP contribution < -0.4 is 0 Å². The van der Waals surface area contributed by atoms with Crippen LogP contribution in [0.1, 0.15) is 17.6 Å². The summed E-state index contributed by atoms with van der Waals surface area (Å²) in [4.78, 5) is -0.483. The van der Waals surface area contributed by atoms with Crippen molar-refractivity contribution in [2.45, 2.75) is 11.3 Å². The number of hydrogen-bond donors (Lipinski definition) is 0. The minimum atomic E-state index is -4.13. The van der Waals surface area contributed by atoms with E-state index in [1.807, 2.05) is 0 Å². The molecular weight excluding hydrogens is 328 g/mol. The maximum Gasteiger partial charge on any atom is 0.266 e. The molecule has 0 radical (unpaired) electrons. The highest BCUT2D eigenvalue weighted by Crippen LogP contribution is 2.36. The third-order valence-corrected chi connectivity index (χ3v) is 4.23. The van der Waals surface area contributed by atoms with E-state index in [0.29, 0.717) is 0 Å². The van der Waals surface area contributed by atoms with Crippen molar-refractivity contribution in [3.8, 4) is 6.07 Å². The molecule has 0 aliphatic heterocycles. The van der Waals surface area contributed by atoms with E-state index in [4.69, 9.17) is 15.9 Å².